The van der Waals surface area contributed by atoms with Gasteiger partial charge < -0.3 is 10.0 Å². The Morgan fingerprint density at radius 1 is 1.64 bits per heavy atom. The normalized spacial score (nSPS) is 30.3. The second-order valence-corrected chi connectivity index (χ2v) is 3.86. The number of rotatable bonds is 2. The van der Waals surface area contributed by atoms with Gasteiger partial charge in [0.05, 0.1) is 6.10 Å². The van der Waals surface area contributed by atoms with E-state index in [9.17, 15) is 0 Å². The lowest BCUT2D eigenvalue weighted by Crippen LogP contribution is -2.38. The Kier molecular flexibility index (Phi) is 3.34. The summed E-state index contributed by atoms with van der Waals surface area (Å²) in [6.45, 7) is 7.35. The molecule has 2 heteroatoms. The van der Waals surface area contributed by atoms with Gasteiger partial charge in [-0.15, -0.1) is 0 Å². The lowest BCUT2D eigenvalue weighted by Gasteiger charge is -2.31. The maximum absolute atomic E-state index is 9.15. The molecule has 1 saturated heterocycles. The van der Waals surface area contributed by atoms with Gasteiger partial charge >= 0.3 is 0 Å². The molecule has 2 atom stereocenters. The molecular weight excluding hydrogens is 138 g/mol. The summed E-state index contributed by atoms with van der Waals surface area (Å²) in [4.78, 5) is 2.36. The van der Waals surface area contributed by atoms with Crippen LogP contribution in [0.15, 0.2) is 0 Å². The van der Waals surface area contributed by atoms with Crippen molar-refractivity contribution < 1.29 is 5.11 Å². The van der Waals surface area contributed by atoms with Crippen molar-refractivity contribution in [2.75, 3.05) is 19.6 Å². The molecule has 1 fully saturated rings. The van der Waals surface area contributed by atoms with Crippen molar-refractivity contribution >= 4 is 0 Å². The Morgan fingerprint density at radius 3 is 2.91 bits per heavy atom. The van der Waals surface area contributed by atoms with Crippen LogP contribution in [0, 0.1) is 5.92 Å². The van der Waals surface area contributed by atoms with Gasteiger partial charge in [-0.3, -0.25) is 0 Å². The van der Waals surface area contributed by atoms with Crippen molar-refractivity contribution in [3.8, 4) is 0 Å². The molecule has 1 heterocycles. The van der Waals surface area contributed by atoms with Crippen LogP contribution in [0.1, 0.15) is 26.7 Å². The fourth-order valence-corrected chi connectivity index (χ4v) is 1.83. The summed E-state index contributed by atoms with van der Waals surface area (Å²) in [6.07, 6.45) is 2.49. The number of hydrogen-bond acceptors (Lipinski definition) is 2. The highest BCUT2D eigenvalue weighted by molar-refractivity contribution is 4.70. The molecule has 0 amide bonds. The number of aliphatic hydroxyl groups excluding tert-OH is 1. The van der Waals surface area contributed by atoms with Gasteiger partial charge in [0, 0.05) is 13.1 Å². The molecule has 0 aromatic rings. The average Bonchev–Trinajstić information content (AvgIpc) is 1.85. The van der Waals surface area contributed by atoms with Crippen molar-refractivity contribution in [3.63, 3.8) is 0 Å². The van der Waals surface area contributed by atoms with E-state index in [4.69, 9.17) is 5.11 Å². The predicted octanol–water partition coefficient (Wildman–Crippen LogP) is 1.10. The van der Waals surface area contributed by atoms with Crippen LogP contribution in [0.5, 0.6) is 0 Å². The molecule has 1 aliphatic rings. The van der Waals surface area contributed by atoms with E-state index in [0.717, 1.165) is 12.5 Å². The minimum absolute atomic E-state index is 0.166. The van der Waals surface area contributed by atoms with Crippen LogP contribution in [0.3, 0.4) is 0 Å². The Labute approximate surface area is 69.2 Å². The van der Waals surface area contributed by atoms with E-state index >= 15 is 0 Å². The average molecular weight is 157 g/mol. The summed E-state index contributed by atoms with van der Waals surface area (Å²) in [7, 11) is 0. The Balaban J connectivity index is 2.23. The molecule has 1 aliphatic heterocycles. The van der Waals surface area contributed by atoms with Crippen LogP contribution < -0.4 is 0 Å². The third-order valence-corrected chi connectivity index (χ3v) is 2.26. The Hall–Kier alpha value is -0.0800. The van der Waals surface area contributed by atoms with Crippen LogP contribution in [-0.2, 0) is 0 Å². The molecule has 66 valence electrons. The lowest BCUT2D eigenvalue weighted by molar-refractivity contribution is 0.0984. The molecule has 0 aliphatic carbocycles. The van der Waals surface area contributed by atoms with Crippen LogP contribution in [0.2, 0.25) is 0 Å². The first-order valence-electron chi connectivity index (χ1n) is 4.59. The van der Waals surface area contributed by atoms with E-state index in [-0.39, 0.29) is 6.10 Å². The number of piperidine rings is 1. The highest BCUT2D eigenvalue weighted by Crippen LogP contribution is 2.15. The van der Waals surface area contributed by atoms with Crippen LogP contribution in [0.4, 0.5) is 0 Å². The van der Waals surface area contributed by atoms with Gasteiger partial charge in [-0.2, -0.15) is 0 Å². The van der Waals surface area contributed by atoms with E-state index < -0.39 is 0 Å². The Morgan fingerprint density at radius 2 is 2.36 bits per heavy atom. The highest BCUT2D eigenvalue weighted by Gasteiger charge is 2.16. The summed E-state index contributed by atoms with van der Waals surface area (Å²) in [5.41, 5.74) is 0. The van der Waals surface area contributed by atoms with Crippen LogP contribution >= 0.6 is 0 Å². The number of hydrogen-bond donors (Lipinski definition) is 1. The SMILES string of the molecule is CC(O)CN1CCC[C@@H](C)C1. The first-order valence-corrected chi connectivity index (χ1v) is 4.59. The van der Waals surface area contributed by atoms with Gasteiger partial charge in [-0.25, -0.2) is 0 Å². The van der Waals surface area contributed by atoms with Gasteiger partial charge in [0.1, 0.15) is 0 Å². The molecule has 0 spiro atoms. The molecule has 0 aromatic carbocycles. The standard InChI is InChI=1S/C9H19NO/c1-8-4-3-5-10(6-8)7-9(2)11/h8-9,11H,3-7H2,1-2H3/t8-,9?/m1/s1. The van der Waals surface area contributed by atoms with E-state index in [1.54, 1.807) is 0 Å². The monoisotopic (exact) mass is 157 g/mol. The van der Waals surface area contributed by atoms with E-state index in [2.05, 4.69) is 11.8 Å². The van der Waals surface area contributed by atoms with Gasteiger partial charge in [0.15, 0.2) is 0 Å². The van der Waals surface area contributed by atoms with Crippen molar-refractivity contribution in [3.05, 3.63) is 0 Å². The maximum atomic E-state index is 9.15. The highest BCUT2D eigenvalue weighted by atomic mass is 16.3. The summed E-state index contributed by atoms with van der Waals surface area (Å²) in [5.74, 6) is 0.822. The number of likely N-dealkylation sites (tertiary alicyclic amines) is 1. The largest absolute Gasteiger partial charge is 0.392 e. The quantitative estimate of drug-likeness (QED) is 0.649. The molecule has 0 saturated carbocycles. The minimum Gasteiger partial charge on any atom is -0.392 e. The van der Waals surface area contributed by atoms with Crippen molar-refractivity contribution in [1.29, 1.82) is 0 Å². The fraction of sp³-hybridized carbons (Fsp3) is 1.00. The summed E-state index contributed by atoms with van der Waals surface area (Å²) < 4.78 is 0. The van der Waals surface area contributed by atoms with Gasteiger partial charge in [0.2, 0.25) is 0 Å². The predicted molar refractivity (Wildman–Crippen MR) is 46.5 cm³/mol. The lowest BCUT2D eigenvalue weighted by atomic mass is 10.0. The van der Waals surface area contributed by atoms with Crippen molar-refractivity contribution in [2.45, 2.75) is 32.8 Å². The van der Waals surface area contributed by atoms with E-state index in [1.165, 1.54) is 25.9 Å². The van der Waals surface area contributed by atoms with Crippen LogP contribution in [-0.4, -0.2) is 35.7 Å². The van der Waals surface area contributed by atoms with E-state index in [1.807, 2.05) is 6.92 Å². The molecular formula is C9H19NO. The Bertz CT molecular complexity index is 112. The molecule has 0 radical (unpaired) electrons. The third kappa shape index (κ3) is 3.21. The molecule has 1 unspecified atom stereocenters. The summed E-state index contributed by atoms with van der Waals surface area (Å²) in [5, 5.41) is 9.15. The van der Waals surface area contributed by atoms with Crippen LogP contribution in [0.25, 0.3) is 0 Å². The van der Waals surface area contributed by atoms with Gasteiger partial charge in [0.25, 0.3) is 0 Å². The number of nitrogens with zero attached hydrogens (tertiary/aromatic N) is 1. The first-order chi connectivity index (χ1) is 5.18. The molecule has 2 nitrogen and oxygen atoms in total. The zero-order chi connectivity index (χ0) is 8.27. The van der Waals surface area contributed by atoms with Gasteiger partial charge in [-0.05, 0) is 32.2 Å². The fourth-order valence-electron chi connectivity index (χ4n) is 1.83. The zero-order valence-electron chi connectivity index (χ0n) is 7.58. The second kappa shape index (κ2) is 4.07. The molecule has 1 N–H and O–H groups in total. The topological polar surface area (TPSA) is 23.5 Å². The number of aliphatic hydroxyl groups is 1. The molecule has 0 bridgehead atoms. The second-order valence-electron chi connectivity index (χ2n) is 3.86. The zero-order valence-corrected chi connectivity index (χ0v) is 7.58. The summed E-state index contributed by atoms with van der Waals surface area (Å²) >= 11 is 0. The molecule has 11 heavy (non-hydrogen) atoms. The van der Waals surface area contributed by atoms with Crippen molar-refractivity contribution in [1.82, 2.24) is 4.90 Å². The molecule has 1 rings (SSSR count). The first kappa shape index (κ1) is 9.01. The third-order valence-electron chi connectivity index (χ3n) is 2.26. The minimum atomic E-state index is -0.166. The number of β-amino-alcohol motifs (C(OH)–C–C–N with tert-alkyl or cyclic N) is 1. The molecule has 0 aromatic heterocycles. The maximum Gasteiger partial charge on any atom is 0.0639 e. The van der Waals surface area contributed by atoms with Crippen molar-refractivity contribution in [2.24, 2.45) is 5.92 Å². The smallest absolute Gasteiger partial charge is 0.0639 e. The summed E-state index contributed by atoms with van der Waals surface area (Å²) in [6, 6.07) is 0. The van der Waals surface area contributed by atoms with E-state index in [0.29, 0.717) is 0 Å². The van der Waals surface area contributed by atoms with Gasteiger partial charge in [-0.1, -0.05) is 6.92 Å².